The summed E-state index contributed by atoms with van der Waals surface area (Å²) < 4.78 is 0.929. The molecule has 6 rings (SSSR count). The van der Waals surface area contributed by atoms with E-state index in [1.807, 2.05) is 60.7 Å². The molecule has 39 heavy (non-hydrogen) atoms. The third kappa shape index (κ3) is 5.16. The van der Waals surface area contributed by atoms with Crippen LogP contribution in [0.15, 0.2) is 114 Å². The topological polar surface area (TPSA) is 84.7 Å². The van der Waals surface area contributed by atoms with Gasteiger partial charge in [0.05, 0.1) is 0 Å². The number of halogens is 1. The minimum absolute atomic E-state index is 0.0329. The molecular weight excluding hydrogens is 570 g/mol. The number of para-hydroxylation sites is 2. The zero-order valence-electron chi connectivity index (χ0n) is 20.7. The Morgan fingerprint density at radius 3 is 1.97 bits per heavy atom. The highest BCUT2D eigenvalue weighted by atomic mass is 79.9. The number of aromatic amines is 2. The Morgan fingerprint density at radius 1 is 0.744 bits per heavy atom. The normalized spacial score (nSPS) is 11.1. The van der Waals surface area contributed by atoms with Crippen molar-refractivity contribution in [2.75, 3.05) is 5.32 Å². The van der Waals surface area contributed by atoms with Gasteiger partial charge in [0, 0.05) is 55.8 Å². The van der Waals surface area contributed by atoms with Crippen molar-refractivity contribution in [2.24, 2.45) is 0 Å². The summed E-state index contributed by atoms with van der Waals surface area (Å²) in [6.07, 6.45) is 4.17. The predicted molar refractivity (Wildman–Crippen MR) is 165 cm³/mol. The summed E-state index contributed by atoms with van der Waals surface area (Å²) in [6.45, 7) is 0. The molecule has 0 unspecified atom stereocenters. The summed E-state index contributed by atoms with van der Waals surface area (Å²) in [7, 11) is 0. The molecule has 0 aliphatic carbocycles. The number of carbonyl (C=O) groups excluding carboxylic acids is 1. The lowest BCUT2D eigenvalue weighted by molar-refractivity contribution is 0.0944. The van der Waals surface area contributed by atoms with Gasteiger partial charge in [-0.25, -0.2) is 0 Å². The van der Waals surface area contributed by atoms with E-state index in [4.69, 9.17) is 12.2 Å². The lowest BCUT2D eigenvalue weighted by atomic mass is 9.84. The predicted octanol–water partition coefficient (Wildman–Crippen LogP) is 7.22. The molecule has 5 N–H and O–H groups in total. The molecule has 0 aliphatic heterocycles. The molecule has 0 atom stereocenters. The Labute approximate surface area is 238 Å². The van der Waals surface area contributed by atoms with Gasteiger partial charge in [0.25, 0.3) is 5.91 Å². The molecule has 1 amide bonds. The first-order chi connectivity index (χ1) is 19.1. The van der Waals surface area contributed by atoms with Gasteiger partial charge in [0.15, 0.2) is 5.11 Å². The molecule has 0 spiro atoms. The van der Waals surface area contributed by atoms with Crippen LogP contribution in [0.1, 0.15) is 33.0 Å². The fraction of sp³-hybridized carbons (Fsp3) is 0.0323. The zero-order chi connectivity index (χ0) is 26.8. The van der Waals surface area contributed by atoms with Crippen LogP contribution in [-0.2, 0) is 0 Å². The first-order valence-corrected chi connectivity index (χ1v) is 13.6. The number of H-pyrrole nitrogens is 2. The molecule has 2 heterocycles. The molecule has 6 nitrogen and oxygen atoms in total. The number of benzene rings is 4. The highest BCUT2D eigenvalue weighted by Crippen LogP contribution is 2.39. The first kappa shape index (κ1) is 24.9. The second-order valence-electron chi connectivity index (χ2n) is 9.18. The third-order valence-corrected chi connectivity index (χ3v) is 7.44. The fourth-order valence-electron chi connectivity index (χ4n) is 4.93. The van der Waals surface area contributed by atoms with Crippen LogP contribution in [0.3, 0.4) is 0 Å². The van der Waals surface area contributed by atoms with Gasteiger partial charge in [-0.05, 0) is 71.4 Å². The van der Waals surface area contributed by atoms with Crippen molar-refractivity contribution in [3.63, 3.8) is 0 Å². The maximum Gasteiger partial charge on any atom is 0.269 e. The Kier molecular flexibility index (Phi) is 6.87. The van der Waals surface area contributed by atoms with Gasteiger partial charge >= 0.3 is 0 Å². The summed E-state index contributed by atoms with van der Waals surface area (Å²) in [6, 6.07) is 31.9. The third-order valence-electron chi connectivity index (χ3n) is 6.74. The number of rotatable bonds is 5. The number of anilines is 1. The van der Waals surface area contributed by atoms with Crippen LogP contribution in [0.4, 0.5) is 5.69 Å². The first-order valence-electron chi connectivity index (χ1n) is 12.4. The number of thiocarbonyl (C=S) groups is 1. The maximum atomic E-state index is 12.9. The minimum Gasteiger partial charge on any atom is -0.361 e. The molecule has 0 saturated carbocycles. The second-order valence-corrected chi connectivity index (χ2v) is 10.5. The molecular formula is C31H24BrN5OS. The number of aromatic nitrogens is 2. The van der Waals surface area contributed by atoms with Gasteiger partial charge in [-0.15, -0.1) is 0 Å². The second kappa shape index (κ2) is 10.8. The summed E-state index contributed by atoms with van der Waals surface area (Å²) in [4.78, 5) is 19.7. The fourth-order valence-corrected chi connectivity index (χ4v) is 5.50. The molecule has 6 aromatic rings. The average Bonchev–Trinajstić information content (AvgIpc) is 3.58. The number of hydrazine groups is 1. The quantitative estimate of drug-likeness (QED) is 0.108. The summed E-state index contributed by atoms with van der Waals surface area (Å²) in [5.41, 5.74) is 12.4. The van der Waals surface area contributed by atoms with Crippen LogP contribution in [0, 0.1) is 0 Å². The van der Waals surface area contributed by atoms with E-state index in [-0.39, 0.29) is 16.9 Å². The van der Waals surface area contributed by atoms with Crippen LogP contribution >= 0.6 is 28.1 Å². The molecule has 192 valence electrons. The number of nitrogens with one attached hydrogen (secondary N) is 5. The van der Waals surface area contributed by atoms with Crippen LogP contribution in [0.2, 0.25) is 0 Å². The van der Waals surface area contributed by atoms with Gasteiger partial charge in [0.1, 0.15) is 0 Å². The van der Waals surface area contributed by atoms with Gasteiger partial charge < -0.3 is 15.3 Å². The largest absolute Gasteiger partial charge is 0.361 e. The van der Waals surface area contributed by atoms with Gasteiger partial charge in [0.2, 0.25) is 0 Å². The number of carbonyl (C=O) groups is 1. The van der Waals surface area contributed by atoms with E-state index in [1.165, 1.54) is 21.9 Å². The molecule has 0 aliphatic rings. The highest BCUT2D eigenvalue weighted by Gasteiger charge is 2.23. The van der Waals surface area contributed by atoms with Crippen LogP contribution in [0.25, 0.3) is 21.8 Å². The molecule has 0 radical (unpaired) electrons. The Hall–Kier alpha value is -4.40. The Balaban J connectivity index is 1.26. The molecule has 4 aromatic carbocycles. The van der Waals surface area contributed by atoms with Crippen molar-refractivity contribution in [3.8, 4) is 0 Å². The minimum atomic E-state index is -0.282. The van der Waals surface area contributed by atoms with Crippen LogP contribution in [-0.4, -0.2) is 21.0 Å². The van der Waals surface area contributed by atoms with Gasteiger partial charge in [-0.3, -0.25) is 15.6 Å². The molecule has 0 saturated heterocycles. The van der Waals surface area contributed by atoms with Crippen LogP contribution < -0.4 is 16.2 Å². The SMILES string of the molecule is O=C(NNC(=S)Nc1cccc(Br)c1)c1ccc(C(c2c[nH]c3ccccc23)c2c[nH]c3ccccc23)cc1. The molecule has 8 heteroatoms. The van der Waals surface area contributed by atoms with Crippen molar-refractivity contribution >= 4 is 66.7 Å². The van der Waals surface area contributed by atoms with E-state index < -0.39 is 0 Å². The number of fused-ring (bicyclic) bond motifs is 2. The van der Waals surface area contributed by atoms with Gasteiger partial charge in [-0.2, -0.15) is 0 Å². The van der Waals surface area contributed by atoms with Crippen molar-refractivity contribution in [1.29, 1.82) is 0 Å². The van der Waals surface area contributed by atoms with Crippen molar-refractivity contribution in [1.82, 2.24) is 20.8 Å². The Morgan fingerprint density at radius 2 is 1.36 bits per heavy atom. The smallest absolute Gasteiger partial charge is 0.269 e. The Bertz CT molecular complexity index is 1730. The molecule has 0 bridgehead atoms. The highest BCUT2D eigenvalue weighted by molar-refractivity contribution is 9.10. The summed E-state index contributed by atoms with van der Waals surface area (Å²) >= 11 is 8.75. The lowest BCUT2D eigenvalue weighted by Gasteiger charge is -2.18. The van der Waals surface area contributed by atoms with E-state index in [9.17, 15) is 4.79 Å². The number of hydrogen-bond donors (Lipinski definition) is 5. The zero-order valence-corrected chi connectivity index (χ0v) is 23.1. The van der Waals surface area contributed by atoms with E-state index >= 15 is 0 Å². The summed E-state index contributed by atoms with van der Waals surface area (Å²) in [5.74, 6) is -0.315. The lowest BCUT2D eigenvalue weighted by Crippen LogP contribution is -2.43. The van der Waals surface area contributed by atoms with E-state index in [0.717, 1.165) is 26.8 Å². The van der Waals surface area contributed by atoms with Gasteiger partial charge in [-0.1, -0.05) is 70.5 Å². The number of hydrogen-bond acceptors (Lipinski definition) is 2. The van der Waals surface area contributed by atoms with Crippen molar-refractivity contribution in [2.45, 2.75) is 5.92 Å². The van der Waals surface area contributed by atoms with E-state index in [0.29, 0.717) is 5.56 Å². The summed E-state index contributed by atoms with van der Waals surface area (Å²) in [5, 5.41) is 5.68. The average molecular weight is 595 g/mol. The van der Waals surface area contributed by atoms with Crippen molar-refractivity contribution in [3.05, 3.63) is 136 Å². The van der Waals surface area contributed by atoms with E-state index in [2.05, 4.69) is 90.9 Å². The van der Waals surface area contributed by atoms with Crippen molar-refractivity contribution < 1.29 is 4.79 Å². The monoisotopic (exact) mass is 593 g/mol. The number of amides is 1. The molecule has 2 aromatic heterocycles. The van der Waals surface area contributed by atoms with E-state index in [1.54, 1.807) is 0 Å². The molecule has 0 fully saturated rings. The standard InChI is InChI=1S/C31H24BrN5OS/c32-21-6-5-7-22(16-21)35-31(39)37-36-30(38)20-14-12-19(13-15-20)29(25-17-33-27-10-3-1-8-23(25)27)26-18-34-28-11-4-2-9-24(26)28/h1-18,29,33-34H,(H,36,38)(H2,35,37,39). The van der Waals surface area contributed by atoms with Crippen LogP contribution in [0.5, 0.6) is 0 Å². The maximum absolute atomic E-state index is 12.9.